The fourth-order valence-electron chi connectivity index (χ4n) is 2.86. The summed E-state index contributed by atoms with van der Waals surface area (Å²) in [6, 6.07) is 12.0. The van der Waals surface area contributed by atoms with Crippen LogP contribution < -0.4 is 4.74 Å². The molecule has 0 bridgehead atoms. The number of β-amino-alcohol motifs (C(OH)–C–C–N with tert-alkyl or cyclic N) is 1. The lowest BCUT2D eigenvalue weighted by Gasteiger charge is -2.23. The summed E-state index contributed by atoms with van der Waals surface area (Å²) in [7, 11) is 0. The molecule has 0 unspecified atom stereocenters. The third kappa shape index (κ3) is 3.84. The maximum Gasteiger partial charge on any atom is 0.119 e. The van der Waals surface area contributed by atoms with Crippen molar-refractivity contribution in [2.24, 2.45) is 0 Å². The Kier molecular flexibility index (Phi) is 4.41. The number of nitrogens with zero attached hydrogens (tertiary/aromatic N) is 2. The van der Waals surface area contributed by atoms with Crippen LogP contribution in [0.4, 0.5) is 0 Å². The van der Waals surface area contributed by atoms with Crippen LogP contribution in [0.2, 0.25) is 0 Å². The van der Waals surface area contributed by atoms with Crippen molar-refractivity contribution in [1.82, 2.24) is 9.88 Å². The molecule has 1 aromatic heterocycles. The first-order valence-electron chi connectivity index (χ1n) is 7.66. The Hall–Kier alpha value is -1.91. The van der Waals surface area contributed by atoms with Gasteiger partial charge in [-0.1, -0.05) is 12.1 Å². The number of hydrogen-bond donors (Lipinski definition) is 1. The first-order valence-corrected chi connectivity index (χ1v) is 7.66. The number of likely N-dealkylation sites (tertiary alicyclic amines) is 1. The van der Waals surface area contributed by atoms with Gasteiger partial charge in [-0.3, -0.25) is 9.88 Å². The summed E-state index contributed by atoms with van der Waals surface area (Å²) in [5.41, 5.74) is 1.62. The molecule has 22 heavy (non-hydrogen) atoms. The lowest BCUT2D eigenvalue weighted by molar-refractivity contribution is 0.00336. The molecule has 2 aromatic rings. The normalized spacial score (nSPS) is 21.9. The first kappa shape index (κ1) is 15.0. The van der Waals surface area contributed by atoms with E-state index >= 15 is 0 Å². The molecule has 1 saturated heterocycles. The molecule has 1 aliphatic rings. The summed E-state index contributed by atoms with van der Waals surface area (Å²) in [6.45, 7) is 4.74. The third-order valence-corrected chi connectivity index (χ3v) is 4.06. The smallest absolute Gasteiger partial charge is 0.119 e. The molecule has 3 rings (SSSR count). The van der Waals surface area contributed by atoms with Gasteiger partial charge in [-0.2, -0.15) is 0 Å². The van der Waals surface area contributed by atoms with Crippen LogP contribution in [0.3, 0.4) is 0 Å². The fraction of sp³-hybridized carbons (Fsp3) is 0.389. The van der Waals surface area contributed by atoms with Crippen LogP contribution in [0.15, 0.2) is 48.8 Å². The molecule has 0 saturated carbocycles. The highest BCUT2D eigenvalue weighted by molar-refractivity contribution is 5.27. The quantitative estimate of drug-likeness (QED) is 0.921. The average molecular weight is 298 g/mol. The molecule has 1 N–H and O–H groups in total. The lowest BCUT2D eigenvalue weighted by atomic mass is 10.1. The average Bonchev–Trinajstić information content (AvgIpc) is 2.88. The molecule has 1 fully saturated rings. The van der Waals surface area contributed by atoms with Crippen LogP contribution in [0.5, 0.6) is 5.75 Å². The number of aryl methyl sites for hydroxylation is 1. The number of benzene rings is 1. The fourth-order valence-corrected chi connectivity index (χ4v) is 2.86. The highest BCUT2D eigenvalue weighted by Crippen LogP contribution is 2.24. The van der Waals surface area contributed by atoms with E-state index in [9.17, 15) is 5.11 Å². The Labute approximate surface area is 131 Å². The van der Waals surface area contributed by atoms with Crippen LogP contribution in [-0.4, -0.2) is 40.3 Å². The monoisotopic (exact) mass is 298 g/mol. The van der Waals surface area contributed by atoms with Gasteiger partial charge in [0.15, 0.2) is 0 Å². The molecule has 1 atom stereocenters. The highest BCUT2D eigenvalue weighted by Gasteiger charge is 2.36. The van der Waals surface area contributed by atoms with E-state index < -0.39 is 5.60 Å². The molecule has 0 amide bonds. The maximum atomic E-state index is 10.7. The molecule has 0 spiro atoms. The van der Waals surface area contributed by atoms with Crippen molar-refractivity contribution in [3.8, 4) is 5.75 Å². The van der Waals surface area contributed by atoms with E-state index in [0.717, 1.165) is 30.8 Å². The van der Waals surface area contributed by atoms with Crippen molar-refractivity contribution in [1.29, 1.82) is 0 Å². The van der Waals surface area contributed by atoms with E-state index in [2.05, 4.69) is 9.88 Å². The predicted octanol–water partition coefficient (Wildman–Crippen LogP) is 2.41. The molecule has 4 heteroatoms. The second kappa shape index (κ2) is 6.46. The van der Waals surface area contributed by atoms with Gasteiger partial charge in [0.1, 0.15) is 18.0 Å². The van der Waals surface area contributed by atoms with Gasteiger partial charge >= 0.3 is 0 Å². The predicted molar refractivity (Wildman–Crippen MR) is 85.8 cm³/mol. The van der Waals surface area contributed by atoms with Gasteiger partial charge in [0.2, 0.25) is 0 Å². The molecule has 0 aliphatic carbocycles. The second-order valence-electron chi connectivity index (χ2n) is 6.15. The van der Waals surface area contributed by atoms with Crippen LogP contribution in [-0.2, 0) is 6.54 Å². The summed E-state index contributed by atoms with van der Waals surface area (Å²) in [5.74, 6) is 0.820. The lowest BCUT2D eigenvalue weighted by Crippen LogP contribution is -2.39. The molecule has 4 nitrogen and oxygen atoms in total. The minimum Gasteiger partial charge on any atom is -0.491 e. The summed E-state index contributed by atoms with van der Waals surface area (Å²) in [5, 5.41) is 10.7. The van der Waals surface area contributed by atoms with Crippen molar-refractivity contribution < 1.29 is 9.84 Å². The van der Waals surface area contributed by atoms with Crippen LogP contribution in [0.25, 0.3) is 0 Å². The van der Waals surface area contributed by atoms with Gasteiger partial charge in [0.25, 0.3) is 0 Å². The van der Waals surface area contributed by atoms with Crippen molar-refractivity contribution in [3.05, 3.63) is 59.9 Å². The zero-order chi connectivity index (χ0) is 15.4. The summed E-state index contributed by atoms with van der Waals surface area (Å²) in [4.78, 5) is 6.29. The Balaban J connectivity index is 1.54. The van der Waals surface area contributed by atoms with E-state index in [1.807, 2.05) is 43.3 Å². The number of ether oxygens (including phenoxy) is 1. The molecule has 2 heterocycles. The number of pyridine rings is 1. The van der Waals surface area contributed by atoms with Crippen molar-refractivity contribution in [2.75, 3.05) is 19.7 Å². The van der Waals surface area contributed by atoms with Gasteiger partial charge in [-0.05, 0) is 48.7 Å². The van der Waals surface area contributed by atoms with Crippen LogP contribution in [0, 0.1) is 6.92 Å². The first-order chi connectivity index (χ1) is 10.6. The zero-order valence-corrected chi connectivity index (χ0v) is 12.9. The van der Waals surface area contributed by atoms with Crippen molar-refractivity contribution in [3.63, 3.8) is 0 Å². The zero-order valence-electron chi connectivity index (χ0n) is 12.9. The minimum absolute atomic E-state index is 0.337. The van der Waals surface area contributed by atoms with E-state index in [1.165, 1.54) is 5.56 Å². The SMILES string of the molecule is Cc1cccc(OC[C@]2(O)CCN(Cc3ccncc3)C2)c1. The van der Waals surface area contributed by atoms with Gasteiger partial charge in [0, 0.05) is 32.0 Å². The number of aliphatic hydroxyl groups is 1. The molecular formula is C18H22N2O2. The van der Waals surface area contributed by atoms with E-state index in [4.69, 9.17) is 4.74 Å². The Morgan fingerprint density at radius 1 is 1.27 bits per heavy atom. The Bertz CT molecular complexity index is 617. The summed E-state index contributed by atoms with van der Waals surface area (Å²) < 4.78 is 5.79. The third-order valence-electron chi connectivity index (χ3n) is 4.06. The van der Waals surface area contributed by atoms with Crippen LogP contribution in [0.1, 0.15) is 17.5 Å². The Morgan fingerprint density at radius 2 is 2.09 bits per heavy atom. The molecule has 1 aromatic carbocycles. The largest absolute Gasteiger partial charge is 0.491 e. The summed E-state index contributed by atoms with van der Waals surface area (Å²) in [6.07, 6.45) is 4.35. The van der Waals surface area contributed by atoms with E-state index in [-0.39, 0.29) is 0 Å². The van der Waals surface area contributed by atoms with Gasteiger partial charge in [-0.15, -0.1) is 0 Å². The standard InChI is InChI=1S/C18H22N2O2/c1-15-3-2-4-17(11-15)22-14-18(21)7-10-20(13-18)12-16-5-8-19-9-6-16/h2-6,8-9,11,21H,7,10,12-14H2,1H3/t18-/m0/s1. The van der Waals surface area contributed by atoms with Gasteiger partial charge in [0.05, 0.1) is 0 Å². The maximum absolute atomic E-state index is 10.7. The molecular weight excluding hydrogens is 276 g/mol. The van der Waals surface area contributed by atoms with Crippen molar-refractivity contribution >= 4 is 0 Å². The van der Waals surface area contributed by atoms with E-state index in [0.29, 0.717) is 13.2 Å². The van der Waals surface area contributed by atoms with Gasteiger partial charge in [-0.25, -0.2) is 0 Å². The molecule has 1 aliphatic heterocycles. The number of aromatic nitrogens is 1. The molecule has 116 valence electrons. The second-order valence-corrected chi connectivity index (χ2v) is 6.15. The van der Waals surface area contributed by atoms with Crippen molar-refractivity contribution in [2.45, 2.75) is 25.5 Å². The minimum atomic E-state index is -0.767. The van der Waals surface area contributed by atoms with E-state index in [1.54, 1.807) is 12.4 Å². The highest BCUT2D eigenvalue weighted by atomic mass is 16.5. The Morgan fingerprint density at radius 3 is 2.86 bits per heavy atom. The number of hydrogen-bond acceptors (Lipinski definition) is 4. The topological polar surface area (TPSA) is 45.6 Å². The summed E-state index contributed by atoms with van der Waals surface area (Å²) >= 11 is 0. The van der Waals surface area contributed by atoms with Gasteiger partial charge < -0.3 is 9.84 Å². The van der Waals surface area contributed by atoms with Crippen LogP contribution >= 0.6 is 0 Å². The molecule has 0 radical (unpaired) electrons. The number of rotatable bonds is 5.